The molecule has 304 valence electrons. The smallest absolute Gasteiger partial charge is 0.407 e. The number of aromatic amines is 2. The first-order chi connectivity index (χ1) is 27.9. The normalized spacial score (nSPS) is 22.3. The van der Waals surface area contributed by atoms with Gasteiger partial charge in [0.25, 0.3) is 0 Å². The minimum Gasteiger partial charge on any atom is -0.453 e. The van der Waals surface area contributed by atoms with Crippen molar-refractivity contribution in [2.45, 2.75) is 102 Å². The van der Waals surface area contributed by atoms with Gasteiger partial charge in [0.05, 0.1) is 59.4 Å². The van der Waals surface area contributed by atoms with Gasteiger partial charge in [-0.1, -0.05) is 45.9 Å². The molecular formula is C44H54N10O4. The Morgan fingerprint density at radius 1 is 0.741 bits per heavy atom. The molecule has 4 aliphatic rings. The van der Waals surface area contributed by atoms with Gasteiger partial charge in [-0.15, -0.1) is 0 Å². The van der Waals surface area contributed by atoms with Crippen LogP contribution < -0.4 is 21.7 Å². The number of likely N-dealkylation sites (tertiary alicyclic amines) is 2. The number of nitrogens with one attached hydrogen (secondary N) is 5. The summed E-state index contributed by atoms with van der Waals surface area (Å²) in [4.78, 5) is 59.6. The Bertz CT molecular complexity index is 2370. The maximum absolute atomic E-state index is 13.7. The number of fused-ring (bicyclic) bond motifs is 4. The standard InChI is InChI=1S/C44H54N10O4/c1-22(2)38(45)42(55)53-14-6-8-36(53)40-48-28-12-10-24(17-34(28)50-40)30-19-26-16-27-20-31(47-33(27)21-32(26)46-30)25-11-13-29-35(18-25)51-41(49-29)37-9-7-15-54(37)43(56)39(23(3)4)52-44(57)58-5/h10-13,16-18,21-23,30-31,36-39,46-47H,6-9,14-15,19-20,45H2,1-5H3,(H,48,50)(H,49,51)(H,52,57). The third kappa shape index (κ3) is 6.80. The van der Waals surface area contributed by atoms with Crippen molar-refractivity contribution in [2.75, 3.05) is 30.8 Å². The highest BCUT2D eigenvalue weighted by molar-refractivity contribution is 5.87. The summed E-state index contributed by atoms with van der Waals surface area (Å²) in [6.45, 7) is 9.13. The molecule has 0 aliphatic carbocycles. The van der Waals surface area contributed by atoms with Crippen molar-refractivity contribution in [3.8, 4) is 0 Å². The Labute approximate surface area is 338 Å². The molecule has 2 fully saturated rings. The van der Waals surface area contributed by atoms with Gasteiger partial charge < -0.3 is 46.2 Å². The van der Waals surface area contributed by atoms with Crippen LogP contribution in [-0.2, 0) is 27.2 Å². The first-order valence-corrected chi connectivity index (χ1v) is 20.8. The second kappa shape index (κ2) is 14.9. The number of carbonyl (C=O) groups is 3. The summed E-state index contributed by atoms with van der Waals surface area (Å²) in [7, 11) is 1.30. The average Bonchev–Trinajstić information content (AvgIpc) is 4.07. The molecule has 14 nitrogen and oxygen atoms in total. The maximum atomic E-state index is 13.7. The second-order valence-electron chi connectivity index (χ2n) is 17.3. The molecule has 7 N–H and O–H groups in total. The lowest BCUT2D eigenvalue weighted by atomic mass is 9.98. The summed E-state index contributed by atoms with van der Waals surface area (Å²) in [5.41, 5.74) is 17.2. The van der Waals surface area contributed by atoms with Crippen LogP contribution in [0.4, 0.5) is 16.2 Å². The fraction of sp³-hybridized carbons (Fsp3) is 0.477. The van der Waals surface area contributed by atoms with Crippen LogP contribution in [0.25, 0.3) is 22.1 Å². The van der Waals surface area contributed by atoms with E-state index in [0.29, 0.717) is 13.1 Å². The van der Waals surface area contributed by atoms with Gasteiger partial charge in [0.2, 0.25) is 11.8 Å². The van der Waals surface area contributed by atoms with Crippen LogP contribution >= 0.6 is 0 Å². The van der Waals surface area contributed by atoms with Crippen molar-refractivity contribution in [3.05, 3.63) is 82.4 Å². The van der Waals surface area contributed by atoms with Gasteiger partial charge in [-0.2, -0.15) is 0 Å². The number of hydrogen-bond donors (Lipinski definition) is 6. The minimum atomic E-state index is -0.676. The molecule has 0 radical (unpaired) electrons. The van der Waals surface area contributed by atoms with Crippen molar-refractivity contribution in [3.63, 3.8) is 0 Å². The monoisotopic (exact) mass is 786 g/mol. The van der Waals surface area contributed by atoms with E-state index in [9.17, 15) is 14.4 Å². The van der Waals surface area contributed by atoms with Gasteiger partial charge in [0, 0.05) is 24.5 Å². The molecule has 6 atom stereocenters. The molecule has 2 saturated heterocycles. The number of nitrogens with zero attached hydrogens (tertiary/aromatic N) is 4. The molecular weight excluding hydrogens is 733 g/mol. The zero-order valence-electron chi connectivity index (χ0n) is 33.9. The number of methoxy groups -OCH3 is 1. The fourth-order valence-electron chi connectivity index (χ4n) is 9.45. The van der Waals surface area contributed by atoms with E-state index >= 15 is 0 Å². The van der Waals surface area contributed by atoms with Crippen LogP contribution in [0.15, 0.2) is 48.5 Å². The molecule has 9 rings (SSSR count). The topological polar surface area (TPSA) is 186 Å². The number of anilines is 2. The van der Waals surface area contributed by atoms with Crippen LogP contribution in [-0.4, -0.2) is 79.9 Å². The van der Waals surface area contributed by atoms with E-state index in [0.717, 1.165) is 83.6 Å². The Morgan fingerprint density at radius 2 is 1.26 bits per heavy atom. The van der Waals surface area contributed by atoms with Crippen LogP contribution in [0, 0.1) is 11.8 Å². The van der Waals surface area contributed by atoms with E-state index in [2.05, 4.69) is 74.4 Å². The zero-order valence-corrected chi connectivity index (χ0v) is 33.9. The number of alkyl carbamates (subject to hydrolysis) is 1. The van der Waals surface area contributed by atoms with Gasteiger partial charge in [0.1, 0.15) is 17.7 Å². The summed E-state index contributed by atoms with van der Waals surface area (Å²) < 4.78 is 4.79. The predicted molar refractivity (Wildman–Crippen MR) is 223 cm³/mol. The SMILES string of the molecule is COC(=O)NC(C(=O)N1CCCC1c1nc2ccc(C3Cc4cc5c(cc4N3)NC(c3ccc4nc(C6CCCN6C(=O)C(N)C(C)C)[nH]c4c3)C5)cc2[nH]1)C(C)C. The molecule has 2 aromatic heterocycles. The van der Waals surface area contributed by atoms with Crippen LogP contribution in [0.3, 0.4) is 0 Å². The molecule has 0 spiro atoms. The quantitative estimate of drug-likeness (QED) is 0.0964. The summed E-state index contributed by atoms with van der Waals surface area (Å²) in [6, 6.07) is 16.2. The lowest BCUT2D eigenvalue weighted by molar-refractivity contribution is -0.136. The number of ether oxygens (including phenoxy) is 1. The average molecular weight is 787 g/mol. The number of nitrogens with two attached hydrogens (primary N) is 1. The van der Waals surface area contributed by atoms with Crippen LogP contribution in [0.2, 0.25) is 0 Å². The van der Waals surface area contributed by atoms with E-state index in [1.165, 1.54) is 29.4 Å². The number of benzene rings is 3. The third-order valence-electron chi connectivity index (χ3n) is 12.8. The first-order valence-electron chi connectivity index (χ1n) is 20.8. The molecule has 14 heteroatoms. The molecule has 3 aromatic carbocycles. The molecule has 5 aromatic rings. The van der Waals surface area contributed by atoms with E-state index in [1.807, 2.05) is 37.5 Å². The first kappa shape index (κ1) is 37.9. The summed E-state index contributed by atoms with van der Waals surface area (Å²) in [5.74, 6) is 1.47. The number of hydrogen-bond acceptors (Lipinski definition) is 9. The molecule has 0 saturated carbocycles. The Kier molecular flexibility index (Phi) is 9.77. The van der Waals surface area contributed by atoms with Gasteiger partial charge in [0.15, 0.2) is 0 Å². The highest BCUT2D eigenvalue weighted by Crippen LogP contribution is 2.43. The van der Waals surface area contributed by atoms with Crippen molar-refractivity contribution in [1.29, 1.82) is 0 Å². The van der Waals surface area contributed by atoms with E-state index in [1.54, 1.807) is 0 Å². The Morgan fingerprint density at radius 3 is 1.74 bits per heavy atom. The van der Waals surface area contributed by atoms with Crippen molar-refractivity contribution in [1.82, 2.24) is 35.1 Å². The molecule has 0 bridgehead atoms. The Balaban J connectivity index is 0.869. The number of aromatic nitrogens is 4. The summed E-state index contributed by atoms with van der Waals surface area (Å²) in [5, 5.41) is 10.3. The zero-order chi connectivity index (χ0) is 40.4. The lowest BCUT2D eigenvalue weighted by Crippen LogP contribution is -2.51. The summed E-state index contributed by atoms with van der Waals surface area (Å²) >= 11 is 0. The Hall–Kier alpha value is -5.63. The number of amides is 3. The fourth-order valence-corrected chi connectivity index (χ4v) is 9.45. The molecule has 6 unspecified atom stereocenters. The van der Waals surface area contributed by atoms with Gasteiger partial charge >= 0.3 is 6.09 Å². The number of rotatable bonds is 9. The number of carbonyl (C=O) groups excluding carboxylic acids is 3. The van der Waals surface area contributed by atoms with Crippen LogP contribution in [0.5, 0.6) is 0 Å². The van der Waals surface area contributed by atoms with Crippen molar-refractivity contribution >= 4 is 51.3 Å². The summed E-state index contributed by atoms with van der Waals surface area (Å²) in [6.07, 6.45) is 4.64. The maximum Gasteiger partial charge on any atom is 0.407 e. The molecule has 58 heavy (non-hydrogen) atoms. The van der Waals surface area contributed by atoms with E-state index in [-0.39, 0.29) is 47.8 Å². The highest BCUT2D eigenvalue weighted by Gasteiger charge is 2.38. The number of H-pyrrole nitrogens is 2. The largest absolute Gasteiger partial charge is 0.453 e. The molecule has 6 heterocycles. The predicted octanol–water partition coefficient (Wildman–Crippen LogP) is 6.55. The minimum absolute atomic E-state index is 0.00259. The van der Waals surface area contributed by atoms with Gasteiger partial charge in [-0.3, -0.25) is 9.59 Å². The third-order valence-corrected chi connectivity index (χ3v) is 12.8. The van der Waals surface area contributed by atoms with Gasteiger partial charge in [-0.25, -0.2) is 14.8 Å². The van der Waals surface area contributed by atoms with Crippen molar-refractivity contribution < 1.29 is 19.1 Å². The second-order valence-corrected chi connectivity index (χ2v) is 17.3. The van der Waals surface area contributed by atoms with Crippen molar-refractivity contribution in [2.24, 2.45) is 17.6 Å². The highest BCUT2D eigenvalue weighted by atomic mass is 16.5. The molecule has 4 aliphatic heterocycles. The lowest BCUT2D eigenvalue weighted by Gasteiger charge is -2.29. The molecule has 3 amide bonds. The van der Waals surface area contributed by atoms with Crippen LogP contribution in [0.1, 0.15) is 111 Å². The van der Waals surface area contributed by atoms with E-state index < -0.39 is 18.2 Å². The number of imidazole rings is 2. The van der Waals surface area contributed by atoms with E-state index in [4.69, 9.17) is 20.4 Å². The van der Waals surface area contributed by atoms with Gasteiger partial charge in [-0.05, 0) is 103 Å².